The monoisotopic (exact) mass is 1170 g/mol. The molecule has 6 aromatic heterocycles. The summed E-state index contributed by atoms with van der Waals surface area (Å²) in [6, 6.07) is 30.9. The van der Waals surface area contributed by atoms with Crippen LogP contribution in [-0.4, -0.2) is 103 Å². The fraction of sp³-hybridized carbons (Fsp3) is 0.469. The first-order chi connectivity index (χ1) is 39.4. The van der Waals surface area contributed by atoms with Crippen molar-refractivity contribution in [1.82, 2.24) is 39.2 Å². The van der Waals surface area contributed by atoms with Crippen LogP contribution in [0.3, 0.4) is 0 Å². The van der Waals surface area contributed by atoms with Gasteiger partial charge in [0.25, 0.3) is 0 Å². The van der Waals surface area contributed by atoms with Crippen LogP contribution in [0.1, 0.15) is 87.4 Å². The van der Waals surface area contributed by atoms with Crippen LogP contribution in [0.25, 0.3) is 56.1 Å². The smallest absolute Gasteiger partial charge is 0.180 e. The van der Waals surface area contributed by atoms with Crippen LogP contribution in [0.5, 0.6) is 0 Å². The minimum Gasteiger partial charge on any atom is -0.382 e. The second-order valence-corrected chi connectivity index (χ2v) is 40.2. The third-order valence-corrected chi connectivity index (χ3v) is 22.8. The minimum absolute atomic E-state index is 0.101. The molecule has 6 heterocycles. The second kappa shape index (κ2) is 24.4. The van der Waals surface area contributed by atoms with Gasteiger partial charge >= 0.3 is 0 Å². The molecule has 0 radical (unpaired) electrons. The van der Waals surface area contributed by atoms with Gasteiger partial charge in [0.15, 0.2) is 26.9 Å². The Bertz CT molecular complexity index is 3560. The zero-order chi connectivity index (χ0) is 57.3. The standard InChI is InChI=1S/C38H55N5O2SSi2.C26H27N5O2S/c1-46-36-35(32-22-28-13-14-29(21-28)23-32)41-37-33(31-15-16-34(39-24-31)30-11-9-8-10-12-30)25-40-43(37)38(36)42(26-44-17-19-47(2,3)4)27-45-18-20-48(5,6)7;1-34(32,33)24-23(20-12-16-7-8-17(11-16)13-20)30-26-21(15-29-31(26)25(24)27)19-9-10-22(28-14-19)18-5-3-2-4-6-18/h8-12,15-16,24-25,28-29,32H,13-14,17-23,26-27H2,1-7H3;2-6,9-10,14-17,20H,7-8,11-13,27H2,1H3. The molecule has 4 aliphatic rings. The summed E-state index contributed by atoms with van der Waals surface area (Å²) in [5.41, 5.74) is 17.5. The molecule has 82 heavy (non-hydrogen) atoms. The molecular weight excluding hydrogens is 1090 g/mol. The van der Waals surface area contributed by atoms with Gasteiger partial charge in [-0.15, -0.1) is 11.8 Å². The van der Waals surface area contributed by atoms with Gasteiger partial charge in [-0.25, -0.2) is 18.4 Å². The lowest BCUT2D eigenvalue weighted by Gasteiger charge is -2.32. The van der Waals surface area contributed by atoms with Crippen LogP contribution >= 0.6 is 11.8 Å². The molecule has 18 heteroatoms. The first-order valence-corrected chi connectivity index (χ1v) is 40.2. The van der Waals surface area contributed by atoms with E-state index in [1.807, 2.05) is 67.1 Å². The highest BCUT2D eigenvalue weighted by Gasteiger charge is 2.40. The molecule has 0 amide bonds. The van der Waals surface area contributed by atoms with Crippen molar-refractivity contribution in [2.24, 2.45) is 23.7 Å². The van der Waals surface area contributed by atoms with Crippen LogP contribution in [0.4, 0.5) is 11.6 Å². The fourth-order valence-electron chi connectivity index (χ4n) is 13.2. The summed E-state index contributed by atoms with van der Waals surface area (Å²) in [5.74, 6) is 4.66. The number of thioether (sulfide) groups is 1. The topological polar surface area (TPSA) is 168 Å². The van der Waals surface area contributed by atoms with Crippen molar-refractivity contribution in [1.29, 1.82) is 0 Å². The SMILES string of the molecule is CS(=O)(=O)c1c(C2CC3CCC(C3)C2)nc2c(-c3ccc(-c4ccccc4)nc3)cnn2c1N.CSc1c(C2CC3CCC(C3)C2)nc2c(-c3ccc(-c4ccccc4)nc3)cnn2c1N(COCC[Si](C)(C)C)COCC[Si](C)(C)C. The number of aromatic nitrogens is 8. The molecule has 4 saturated carbocycles. The molecule has 0 spiro atoms. The zero-order valence-corrected chi connectivity index (χ0v) is 52.9. The summed E-state index contributed by atoms with van der Waals surface area (Å²) in [5, 5.41) is 9.46. The Hall–Kier alpha value is -5.77. The summed E-state index contributed by atoms with van der Waals surface area (Å²) in [6.45, 7) is 16.9. The maximum atomic E-state index is 12.8. The molecule has 432 valence electrons. The third-order valence-electron chi connectivity index (χ3n) is 17.5. The van der Waals surface area contributed by atoms with Gasteiger partial charge in [-0.1, -0.05) is 138 Å². The molecule has 12 rings (SSSR count). The van der Waals surface area contributed by atoms with E-state index in [9.17, 15) is 8.42 Å². The van der Waals surface area contributed by atoms with E-state index in [1.165, 1.54) is 72.7 Å². The largest absolute Gasteiger partial charge is 0.382 e. The lowest BCUT2D eigenvalue weighted by molar-refractivity contribution is 0.0937. The average molecular weight is 1180 g/mol. The Labute approximate surface area is 491 Å². The molecule has 2 N–H and O–H groups in total. The van der Waals surface area contributed by atoms with E-state index in [0.29, 0.717) is 42.6 Å². The highest BCUT2D eigenvalue weighted by molar-refractivity contribution is 7.98. The number of nitrogens with zero attached hydrogens (tertiary/aromatic N) is 9. The third kappa shape index (κ3) is 13.1. The first-order valence-electron chi connectivity index (χ1n) is 29.6. The Kier molecular flexibility index (Phi) is 17.3. The van der Waals surface area contributed by atoms with Gasteiger partial charge in [0, 0.05) is 93.2 Å². The normalized spacial score (nSPS) is 20.8. The van der Waals surface area contributed by atoms with Crippen LogP contribution in [-0.2, 0) is 19.3 Å². The number of ether oxygens (including phenoxy) is 2. The van der Waals surface area contributed by atoms with Crippen LogP contribution < -0.4 is 10.6 Å². The molecule has 0 aliphatic heterocycles. The Morgan fingerprint density at radius 3 is 1.45 bits per heavy atom. The Morgan fingerprint density at radius 1 is 0.585 bits per heavy atom. The van der Waals surface area contributed by atoms with E-state index in [0.717, 1.165) is 106 Å². The number of nitrogen functional groups attached to an aromatic ring is 1. The van der Waals surface area contributed by atoms with Gasteiger partial charge in [0.1, 0.15) is 24.2 Å². The predicted molar refractivity (Wildman–Crippen MR) is 339 cm³/mol. The first kappa shape index (κ1) is 58.0. The van der Waals surface area contributed by atoms with Gasteiger partial charge < -0.3 is 20.1 Å². The number of benzene rings is 2. The number of nitrogens with two attached hydrogens (primary N) is 1. The van der Waals surface area contributed by atoms with Crippen LogP contribution in [0.2, 0.25) is 51.4 Å². The summed E-state index contributed by atoms with van der Waals surface area (Å²) in [4.78, 5) is 23.6. The number of fused-ring (bicyclic) bond motifs is 6. The molecule has 4 atom stereocenters. The van der Waals surface area contributed by atoms with E-state index in [1.54, 1.807) is 18.0 Å². The van der Waals surface area contributed by atoms with Gasteiger partial charge in [0.2, 0.25) is 0 Å². The molecule has 4 bridgehead atoms. The molecule has 4 unspecified atom stereocenters. The molecule has 14 nitrogen and oxygen atoms in total. The maximum Gasteiger partial charge on any atom is 0.180 e. The van der Waals surface area contributed by atoms with Gasteiger partial charge in [0.05, 0.1) is 40.1 Å². The summed E-state index contributed by atoms with van der Waals surface area (Å²) < 4.78 is 42.1. The van der Waals surface area contributed by atoms with E-state index in [4.69, 9.17) is 35.3 Å². The minimum atomic E-state index is -3.57. The van der Waals surface area contributed by atoms with Gasteiger partial charge in [-0.2, -0.15) is 19.2 Å². The Balaban J connectivity index is 0.000000182. The van der Waals surface area contributed by atoms with Crippen molar-refractivity contribution in [3.8, 4) is 44.8 Å². The van der Waals surface area contributed by atoms with Crippen molar-refractivity contribution >= 4 is 60.7 Å². The summed E-state index contributed by atoms with van der Waals surface area (Å²) in [7, 11) is -6.03. The number of anilines is 2. The van der Waals surface area contributed by atoms with E-state index in [2.05, 4.69) is 101 Å². The fourth-order valence-corrected chi connectivity index (χ4v) is 16.6. The number of hydrogen-bond donors (Lipinski definition) is 1. The Morgan fingerprint density at radius 2 is 1.02 bits per heavy atom. The summed E-state index contributed by atoms with van der Waals surface area (Å²) in [6.07, 6.45) is 23.1. The lowest BCUT2D eigenvalue weighted by atomic mass is 9.79. The maximum absolute atomic E-state index is 12.8. The van der Waals surface area contributed by atoms with Crippen molar-refractivity contribution in [2.45, 2.75) is 137 Å². The highest BCUT2D eigenvalue weighted by atomic mass is 32.2. The van der Waals surface area contributed by atoms with Crippen molar-refractivity contribution in [2.75, 3.05) is 49.8 Å². The molecule has 0 saturated heterocycles. The van der Waals surface area contributed by atoms with Crippen molar-refractivity contribution in [3.63, 3.8) is 0 Å². The quantitative estimate of drug-likeness (QED) is 0.0352. The van der Waals surface area contributed by atoms with Gasteiger partial charge in [-0.05, 0) is 92.7 Å². The number of sulfone groups is 1. The number of rotatable bonds is 19. The highest BCUT2D eigenvalue weighted by Crippen LogP contribution is 2.52. The second-order valence-electron chi connectivity index (χ2n) is 26.2. The molecular formula is C64H82N10O4S2Si2. The van der Waals surface area contributed by atoms with Crippen molar-refractivity contribution in [3.05, 3.63) is 121 Å². The van der Waals surface area contributed by atoms with Gasteiger partial charge in [-0.3, -0.25) is 9.97 Å². The van der Waals surface area contributed by atoms with Crippen LogP contribution in [0.15, 0.2) is 120 Å². The van der Waals surface area contributed by atoms with Crippen molar-refractivity contribution < 1.29 is 17.9 Å². The zero-order valence-electron chi connectivity index (χ0n) is 49.2. The molecule has 8 aromatic rings. The van der Waals surface area contributed by atoms with Crippen LogP contribution in [0, 0.1) is 23.7 Å². The van der Waals surface area contributed by atoms with E-state index in [-0.39, 0.29) is 16.6 Å². The molecule has 2 aromatic carbocycles. The molecule has 4 aliphatic carbocycles. The predicted octanol–water partition coefficient (Wildman–Crippen LogP) is 14.6. The summed E-state index contributed by atoms with van der Waals surface area (Å²) >= 11 is 1.80. The molecule has 4 fully saturated rings. The lowest BCUT2D eigenvalue weighted by Crippen LogP contribution is -2.34. The average Bonchev–Trinajstić information content (AvgIpc) is 4.40. The number of hydrogen-bond acceptors (Lipinski definition) is 13. The van der Waals surface area contributed by atoms with E-state index < -0.39 is 26.0 Å². The van der Waals surface area contributed by atoms with E-state index >= 15 is 0 Å². The number of pyridine rings is 2.